The van der Waals surface area contributed by atoms with Gasteiger partial charge in [-0.05, 0) is 55.7 Å². The Balaban J connectivity index is 1.48. The van der Waals surface area contributed by atoms with Crippen molar-refractivity contribution in [1.82, 2.24) is 8.61 Å². The monoisotopic (exact) mass is 495 g/mol. The summed E-state index contributed by atoms with van der Waals surface area (Å²) >= 11 is 0. The third kappa shape index (κ3) is 4.80. The van der Waals surface area contributed by atoms with Gasteiger partial charge in [-0.3, -0.25) is 0 Å². The lowest BCUT2D eigenvalue weighted by Gasteiger charge is -2.35. The first kappa shape index (κ1) is 24.1. The summed E-state index contributed by atoms with van der Waals surface area (Å²) in [5.74, 6) is -0.329. The van der Waals surface area contributed by atoms with E-state index in [1.54, 1.807) is 22.5 Å². The molecule has 2 aliphatic heterocycles. The Morgan fingerprint density at radius 1 is 0.818 bits per heavy atom. The smallest absolute Gasteiger partial charge is 0.243 e. The first-order valence-corrected chi connectivity index (χ1v) is 14.2. The lowest BCUT2D eigenvalue weighted by atomic mass is 10.0. The minimum absolute atomic E-state index is 0.0158. The van der Waals surface area contributed by atoms with Crippen molar-refractivity contribution in [2.24, 2.45) is 0 Å². The molecule has 1 atom stereocenters. The third-order valence-corrected chi connectivity index (χ3v) is 10.4. The van der Waals surface area contributed by atoms with Crippen LogP contribution in [0.4, 0.5) is 10.1 Å². The first-order valence-electron chi connectivity index (χ1n) is 11.4. The van der Waals surface area contributed by atoms with Gasteiger partial charge in [-0.25, -0.2) is 21.2 Å². The van der Waals surface area contributed by atoms with Gasteiger partial charge in [0.1, 0.15) is 5.82 Å². The molecule has 1 unspecified atom stereocenters. The van der Waals surface area contributed by atoms with Crippen molar-refractivity contribution in [3.63, 3.8) is 0 Å². The van der Waals surface area contributed by atoms with Crippen LogP contribution in [0.1, 0.15) is 32.6 Å². The zero-order valence-electron chi connectivity index (χ0n) is 18.7. The highest BCUT2D eigenvalue weighted by atomic mass is 32.2. The Bertz CT molecular complexity index is 1180. The molecule has 0 aliphatic carbocycles. The molecule has 33 heavy (non-hydrogen) atoms. The van der Waals surface area contributed by atoms with E-state index in [-0.39, 0.29) is 34.7 Å². The molecule has 0 N–H and O–H groups in total. The van der Waals surface area contributed by atoms with Gasteiger partial charge in [0, 0.05) is 38.8 Å². The third-order valence-electron chi connectivity index (χ3n) is 6.54. The fourth-order valence-electron chi connectivity index (χ4n) is 4.64. The normalized spacial score (nSPS) is 21.3. The van der Waals surface area contributed by atoms with Gasteiger partial charge in [-0.2, -0.15) is 8.61 Å². The van der Waals surface area contributed by atoms with Crippen molar-refractivity contribution >= 4 is 25.7 Å². The molecule has 2 aromatic rings. The average molecular weight is 496 g/mol. The van der Waals surface area contributed by atoms with E-state index in [4.69, 9.17) is 0 Å². The van der Waals surface area contributed by atoms with Gasteiger partial charge in [0.25, 0.3) is 0 Å². The quantitative estimate of drug-likeness (QED) is 0.615. The van der Waals surface area contributed by atoms with Crippen LogP contribution in [0.5, 0.6) is 0 Å². The molecule has 0 radical (unpaired) electrons. The van der Waals surface area contributed by atoms with Crippen LogP contribution in [-0.4, -0.2) is 64.2 Å². The van der Waals surface area contributed by atoms with Crippen LogP contribution in [0.15, 0.2) is 58.3 Å². The van der Waals surface area contributed by atoms with Crippen LogP contribution < -0.4 is 4.90 Å². The maximum Gasteiger partial charge on any atom is 0.243 e. The van der Waals surface area contributed by atoms with E-state index in [2.05, 4.69) is 0 Å². The molecular weight excluding hydrogens is 465 g/mol. The summed E-state index contributed by atoms with van der Waals surface area (Å²) in [6.07, 6.45) is 3.46. The molecule has 2 fully saturated rings. The fourth-order valence-corrected chi connectivity index (χ4v) is 7.83. The first-order chi connectivity index (χ1) is 15.7. The molecular formula is C23H30FN3O4S2. The number of piperidine rings is 1. The minimum Gasteiger partial charge on any atom is -0.367 e. The number of halogens is 1. The van der Waals surface area contributed by atoms with Crippen LogP contribution in [0, 0.1) is 5.82 Å². The minimum atomic E-state index is -3.78. The Kier molecular flexibility index (Phi) is 7.09. The van der Waals surface area contributed by atoms with E-state index >= 15 is 0 Å². The largest absolute Gasteiger partial charge is 0.367 e. The van der Waals surface area contributed by atoms with Gasteiger partial charge in [-0.1, -0.05) is 25.5 Å². The predicted octanol–water partition coefficient (Wildman–Crippen LogP) is 3.29. The number of sulfonamides is 2. The van der Waals surface area contributed by atoms with Crippen molar-refractivity contribution in [3.05, 3.63) is 54.3 Å². The van der Waals surface area contributed by atoms with Crippen LogP contribution in [0.2, 0.25) is 0 Å². The predicted molar refractivity (Wildman–Crippen MR) is 126 cm³/mol. The van der Waals surface area contributed by atoms with Gasteiger partial charge in [0.05, 0.1) is 15.5 Å². The number of hydrogen-bond donors (Lipinski definition) is 0. The van der Waals surface area contributed by atoms with E-state index in [1.165, 1.54) is 34.6 Å². The van der Waals surface area contributed by atoms with E-state index in [9.17, 15) is 21.2 Å². The van der Waals surface area contributed by atoms with Gasteiger partial charge < -0.3 is 4.90 Å². The second-order valence-electron chi connectivity index (χ2n) is 8.49. The Hall–Kier alpha value is -2.01. The lowest BCUT2D eigenvalue weighted by Crippen LogP contribution is -2.48. The Morgan fingerprint density at radius 3 is 2.03 bits per heavy atom. The number of piperazine rings is 1. The number of hydrogen-bond acceptors (Lipinski definition) is 5. The van der Waals surface area contributed by atoms with Crippen LogP contribution in [0.25, 0.3) is 0 Å². The summed E-state index contributed by atoms with van der Waals surface area (Å²) < 4.78 is 69.5. The number of anilines is 1. The zero-order chi connectivity index (χ0) is 23.6. The van der Waals surface area contributed by atoms with Crippen LogP contribution in [0.3, 0.4) is 0 Å². The molecule has 0 aromatic heterocycles. The molecule has 0 bridgehead atoms. The number of rotatable bonds is 6. The molecule has 0 amide bonds. The van der Waals surface area contributed by atoms with E-state index in [0.29, 0.717) is 25.3 Å². The molecule has 7 nitrogen and oxygen atoms in total. The molecule has 4 rings (SSSR count). The van der Waals surface area contributed by atoms with Crippen molar-refractivity contribution < 1.29 is 21.2 Å². The summed E-state index contributed by atoms with van der Waals surface area (Å²) in [4.78, 5) is 2.01. The SMILES string of the molecule is CCC1CCCCN1S(=O)(=O)c1ccc(S(=O)(=O)N2CCN(c3ccccc3F)CC2)cc1. The maximum atomic E-state index is 14.1. The van der Waals surface area contributed by atoms with Gasteiger partial charge in [-0.15, -0.1) is 0 Å². The van der Waals surface area contributed by atoms with Crippen LogP contribution >= 0.6 is 0 Å². The van der Waals surface area contributed by atoms with Crippen molar-refractivity contribution in [1.29, 1.82) is 0 Å². The van der Waals surface area contributed by atoms with E-state index in [1.807, 2.05) is 11.8 Å². The highest BCUT2D eigenvalue weighted by molar-refractivity contribution is 7.89. The van der Waals surface area contributed by atoms with Crippen molar-refractivity contribution in [3.8, 4) is 0 Å². The zero-order valence-corrected chi connectivity index (χ0v) is 20.4. The number of para-hydroxylation sites is 1. The average Bonchev–Trinajstić information content (AvgIpc) is 2.84. The molecule has 10 heteroatoms. The highest BCUT2D eigenvalue weighted by Crippen LogP contribution is 2.28. The van der Waals surface area contributed by atoms with Crippen LogP contribution in [-0.2, 0) is 20.0 Å². The Morgan fingerprint density at radius 2 is 1.42 bits per heavy atom. The van der Waals surface area contributed by atoms with Gasteiger partial charge in [0.15, 0.2) is 0 Å². The van der Waals surface area contributed by atoms with Gasteiger partial charge in [0.2, 0.25) is 20.0 Å². The lowest BCUT2D eigenvalue weighted by molar-refractivity contribution is 0.246. The standard InChI is InChI=1S/C23H30FN3O4S2/c1-2-19-7-5-6-14-27(19)33(30,31)21-12-10-20(11-13-21)32(28,29)26-17-15-25(16-18-26)23-9-4-3-8-22(23)24/h3-4,8-13,19H,2,5-7,14-18H2,1H3. The van der Waals surface area contributed by atoms with E-state index in [0.717, 1.165) is 25.7 Å². The summed E-state index contributed by atoms with van der Waals surface area (Å²) in [6.45, 7) is 3.68. The van der Waals surface area contributed by atoms with Gasteiger partial charge >= 0.3 is 0 Å². The molecule has 2 saturated heterocycles. The topological polar surface area (TPSA) is 78.0 Å². The molecule has 2 aliphatic rings. The maximum absolute atomic E-state index is 14.1. The summed E-state index contributed by atoms with van der Waals surface area (Å²) in [7, 11) is -7.45. The molecule has 180 valence electrons. The second kappa shape index (κ2) is 9.69. The molecule has 2 heterocycles. The molecule has 0 saturated carbocycles. The fraction of sp³-hybridized carbons (Fsp3) is 0.478. The number of nitrogens with zero attached hydrogens (tertiary/aromatic N) is 3. The second-order valence-corrected chi connectivity index (χ2v) is 12.3. The Labute approximate surface area is 195 Å². The van der Waals surface area contributed by atoms with E-state index < -0.39 is 20.0 Å². The molecule has 0 spiro atoms. The molecule has 2 aromatic carbocycles. The summed E-state index contributed by atoms with van der Waals surface area (Å²) in [5, 5.41) is 0. The van der Waals surface area contributed by atoms with Crippen molar-refractivity contribution in [2.75, 3.05) is 37.6 Å². The highest BCUT2D eigenvalue weighted by Gasteiger charge is 2.33. The van der Waals surface area contributed by atoms with Crippen molar-refractivity contribution in [2.45, 2.75) is 48.4 Å². The summed E-state index contributed by atoms with van der Waals surface area (Å²) in [5.41, 5.74) is 0.465. The number of benzene rings is 2. The summed E-state index contributed by atoms with van der Waals surface area (Å²) in [6, 6.07) is 12.0.